The Bertz CT molecular complexity index is 145. The molecule has 64 valence electrons. The van der Waals surface area contributed by atoms with Gasteiger partial charge in [-0.2, -0.15) is 0 Å². The molecule has 2 unspecified atom stereocenters. The van der Waals surface area contributed by atoms with Gasteiger partial charge in [0.15, 0.2) is 6.29 Å². The Morgan fingerprint density at radius 3 is 2.82 bits per heavy atom. The van der Waals surface area contributed by atoms with Crippen molar-refractivity contribution >= 4 is 5.97 Å². The molecule has 1 saturated heterocycles. The maximum Gasteiger partial charge on any atom is 0.313 e. The predicted molar refractivity (Wildman–Crippen MR) is 36.9 cm³/mol. The van der Waals surface area contributed by atoms with Crippen molar-refractivity contribution in [1.82, 2.24) is 0 Å². The molecule has 1 aliphatic heterocycles. The Balaban J connectivity index is 2.49. The summed E-state index contributed by atoms with van der Waals surface area (Å²) < 4.78 is 14.6. The standard InChI is InChI=1S/C7H12O4/c1-9-6(8)5-3-4-11-7(5)10-2/h5,7H,3-4H2,1-2H3. The zero-order valence-corrected chi connectivity index (χ0v) is 6.70. The molecule has 0 aliphatic carbocycles. The summed E-state index contributed by atoms with van der Waals surface area (Å²) in [6.45, 7) is 0.568. The van der Waals surface area contributed by atoms with E-state index in [9.17, 15) is 4.79 Å². The number of rotatable bonds is 2. The van der Waals surface area contributed by atoms with Crippen LogP contribution < -0.4 is 0 Å². The summed E-state index contributed by atoms with van der Waals surface area (Å²) in [5, 5.41) is 0. The third-order valence-corrected chi connectivity index (χ3v) is 1.78. The van der Waals surface area contributed by atoms with E-state index >= 15 is 0 Å². The van der Waals surface area contributed by atoms with E-state index < -0.39 is 6.29 Å². The second-order valence-corrected chi connectivity index (χ2v) is 2.39. The van der Waals surface area contributed by atoms with Crippen LogP contribution in [-0.4, -0.2) is 33.1 Å². The number of esters is 1. The van der Waals surface area contributed by atoms with E-state index in [1.54, 1.807) is 0 Å². The van der Waals surface area contributed by atoms with Crippen molar-refractivity contribution in [3.05, 3.63) is 0 Å². The largest absolute Gasteiger partial charge is 0.469 e. The van der Waals surface area contributed by atoms with Crippen molar-refractivity contribution in [2.24, 2.45) is 5.92 Å². The molecule has 0 saturated carbocycles. The van der Waals surface area contributed by atoms with Crippen LogP contribution in [0.5, 0.6) is 0 Å². The minimum atomic E-state index is -0.414. The summed E-state index contributed by atoms with van der Waals surface area (Å²) in [5.74, 6) is -0.501. The van der Waals surface area contributed by atoms with Gasteiger partial charge in [0.25, 0.3) is 0 Å². The van der Waals surface area contributed by atoms with E-state index in [2.05, 4.69) is 4.74 Å². The summed E-state index contributed by atoms with van der Waals surface area (Å²) in [6.07, 6.45) is 0.271. The molecular weight excluding hydrogens is 148 g/mol. The lowest BCUT2D eigenvalue weighted by Gasteiger charge is -2.13. The van der Waals surface area contributed by atoms with Crippen LogP contribution in [-0.2, 0) is 19.0 Å². The highest BCUT2D eigenvalue weighted by Gasteiger charge is 2.34. The molecule has 1 rings (SSSR count). The fourth-order valence-corrected chi connectivity index (χ4v) is 1.18. The second-order valence-electron chi connectivity index (χ2n) is 2.39. The molecule has 0 aromatic carbocycles. The van der Waals surface area contributed by atoms with Gasteiger partial charge in [-0.1, -0.05) is 0 Å². The van der Waals surface area contributed by atoms with Gasteiger partial charge in [0.1, 0.15) is 5.92 Å². The topological polar surface area (TPSA) is 44.8 Å². The predicted octanol–water partition coefficient (Wildman–Crippen LogP) is 0.168. The molecule has 1 fully saturated rings. The number of carbonyl (C=O) groups excluding carboxylic acids is 1. The molecule has 4 nitrogen and oxygen atoms in total. The summed E-state index contributed by atoms with van der Waals surface area (Å²) in [4.78, 5) is 11.0. The second kappa shape index (κ2) is 3.69. The Hall–Kier alpha value is -0.610. The van der Waals surface area contributed by atoms with Gasteiger partial charge >= 0.3 is 5.97 Å². The van der Waals surface area contributed by atoms with Crippen LogP contribution in [0.25, 0.3) is 0 Å². The minimum Gasteiger partial charge on any atom is -0.469 e. The highest BCUT2D eigenvalue weighted by molar-refractivity contribution is 5.72. The maximum atomic E-state index is 11.0. The summed E-state index contributed by atoms with van der Waals surface area (Å²) in [7, 11) is 2.89. The zero-order valence-electron chi connectivity index (χ0n) is 6.70. The fourth-order valence-electron chi connectivity index (χ4n) is 1.18. The zero-order chi connectivity index (χ0) is 8.27. The molecule has 2 atom stereocenters. The van der Waals surface area contributed by atoms with Gasteiger partial charge in [-0.15, -0.1) is 0 Å². The van der Waals surface area contributed by atoms with Gasteiger partial charge in [0.2, 0.25) is 0 Å². The van der Waals surface area contributed by atoms with Gasteiger partial charge in [0, 0.05) is 7.11 Å². The van der Waals surface area contributed by atoms with Crippen molar-refractivity contribution < 1.29 is 19.0 Å². The van der Waals surface area contributed by atoms with Crippen LogP contribution in [0.3, 0.4) is 0 Å². The highest BCUT2D eigenvalue weighted by atomic mass is 16.7. The fraction of sp³-hybridized carbons (Fsp3) is 0.857. The molecule has 0 aromatic heterocycles. The van der Waals surface area contributed by atoms with Crippen molar-refractivity contribution in [3.8, 4) is 0 Å². The Labute approximate surface area is 65.4 Å². The molecule has 0 bridgehead atoms. The van der Waals surface area contributed by atoms with Gasteiger partial charge in [-0.3, -0.25) is 4.79 Å². The molecule has 0 spiro atoms. The minimum absolute atomic E-state index is 0.245. The molecule has 1 heterocycles. The van der Waals surface area contributed by atoms with Gasteiger partial charge < -0.3 is 14.2 Å². The van der Waals surface area contributed by atoms with Crippen molar-refractivity contribution in [2.45, 2.75) is 12.7 Å². The third-order valence-electron chi connectivity index (χ3n) is 1.78. The Morgan fingerprint density at radius 1 is 1.55 bits per heavy atom. The average molecular weight is 160 g/mol. The number of hydrogen-bond acceptors (Lipinski definition) is 4. The monoisotopic (exact) mass is 160 g/mol. The lowest BCUT2D eigenvalue weighted by atomic mass is 10.1. The van der Waals surface area contributed by atoms with E-state index in [-0.39, 0.29) is 11.9 Å². The van der Waals surface area contributed by atoms with Crippen molar-refractivity contribution in [1.29, 1.82) is 0 Å². The van der Waals surface area contributed by atoms with Crippen LogP contribution in [0, 0.1) is 5.92 Å². The van der Waals surface area contributed by atoms with Crippen LogP contribution >= 0.6 is 0 Å². The van der Waals surface area contributed by atoms with Crippen LogP contribution in [0.2, 0.25) is 0 Å². The van der Waals surface area contributed by atoms with Crippen LogP contribution in [0.15, 0.2) is 0 Å². The van der Waals surface area contributed by atoms with Gasteiger partial charge in [-0.25, -0.2) is 0 Å². The molecule has 0 N–H and O–H groups in total. The first kappa shape index (κ1) is 8.49. The van der Waals surface area contributed by atoms with E-state index in [4.69, 9.17) is 9.47 Å². The van der Waals surface area contributed by atoms with Gasteiger partial charge in [0.05, 0.1) is 13.7 Å². The summed E-state index contributed by atoms with van der Waals surface area (Å²) >= 11 is 0. The molecule has 1 aliphatic rings. The lowest BCUT2D eigenvalue weighted by molar-refractivity contribution is -0.161. The highest BCUT2D eigenvalue weighted by Crippen LogP contribution is 2.22. The van der Waals surface area contributed by atoms with E-state index in [0.29, 0.717) is 13.0 Å². The molecule has 11 heavy (non-hydrogen) atoms. The quantitative estimate of drug-likeness (QED) is 0.540. The molecular formula is C7H12O4. The van der Waals surface area contributed by atoms with Crippen molar-refractivity contribution in [2.75, 3.05) is 20.8 Å². The maximum absolute atomic E-state index is 11.0. The SMILES string of the molecule is COC(=O)C1CCOC1OC. The first-order chi connectivity index (χ1) is 5.29. The lowest BCUT2D eigenvalue weighted by Crippen LogP contribution is -2.26. The number of hydrogen-bond donors (Lipinski definition) is 0. The molecule has 0 amide bonds. The molecule has 4 heteroatoms. The Kier molecular flexibility index (Phi) is 2.84. The first-order valence-electron chi connectivity index (χ1n) is 3.52. The number of carbonyl (C=O) groups is 1. The average Bonchev–Trinajstić information content (AvgIpc) is 2.50. The van der Waals surface area contributed by atoms with Gasteiger partial charge in [-0.05, 0) is 6.42 Å². The summed E-state index contributed by atoms with van der Waals surface area (Å²) in [5.41, 5.74) is 0. The number of ether oxygens (including phenoxy) is 3. The number of methoxy groups -OCH3 is 2. The van der Waals surface area contributed by atoms with E-state index in [0.717, 1.165) is 0 Å². The molecule has 0 aromatic rings. The van der Waals surface area contributed by atoms with Crippen molar-refractivity contribution in [3.63, 3.8) is 0 Å². The van der Waals surface area contributed by atoms with E-state index in [1.165, 1.54) is 14.2 Å². The van der Waals surface area contributed by atoms with E-state index in [1.807, 2.05) is 0 Å². The van der Waals surface area contributed by atoms with Crippen LogP contribution in [0.4, 0.5) is 0 Å². The Morgan fingerprint density at radius 2 is 2.27 bits per heavy atom. The smallest absolute Gasteiger partial charge is 0.313 e. The first-order valence-corrected chi connectivity index (χ1v) is 3.52. The molecule has 0 radical (unpaired) electrons. The van der Waals surface area contributed by atoms with Crippen LogP contribution in [0.1, 0.15) is 6.42 Å². The third kappa shape index (κ3) is 1.70. The normalized spacial score (nSPS) is 30.4. The summed E-state index contributed by atoms with van der Waals surface area (Å²) in [6, 6.07) is 0.